The third kappa shape index (κ3) is 20.9. The molecule has 1 atom stereocenters. The summed E-state index contributed by atoms with van der Waals surface area (Å²) in [6, 6.07) is 0. The van der Waals surface area contributed by atoms with Gasteiger partial charge in [-0.2, -0.15) is 0 Å². The number of allylic oxidation sites excluding steroid dienone is 6. The molecule has 0 aliphatic heterocycles. The smallest absolute Gasteiger partial charge is 0 e. The van der Waals surface area contributed by atoms with Crippen molar-refractivity contribution in [3.05, 3.63) is 55.9 Å². The van der Waals surface area contributed by atoms with Gasteiger partial charge in [-0.1, -0.05) is 36.0 Å². The minimum atomic E-state index is 0. The van der Waals surface area contributed by atoms with Gasteiger partial charge in [0, 0.05) is 17.1 Å². The molecule has 0 spiro atoms. The molecule has 0 aromatic carbocycles. The van der Waals surface area contributed by atoms with Crippen molar-refractivity contribution in [2.75, 3.05) is 0 Å². The van der Waals surface area contributed by atoms with Crippen molar-refractivity contribution in [3.63, 3.8) is 0 Å². The third-order valence-corrected chi connectivity index (χ3v) is 1.56. The van der Waals surface area contributed by atoms with Crippen LogP contribution >= 0.6 is 0 Å². The second-order valence-corrected chi connectivity index (χ2v) is 2.96. The minimum absolute atomic E-state index is 0. The van der Waals surface area contributed by atoms with E-state index < -0.39 is 0 Å². The molecule has 0 fully saturated rings. The van der Waals surface area contributed by atoms with E-state index in [1.807, 2.05) is 0 Å². The summed E-state index contributed by atoms with van der Waals surface area (Å²) in [4.78, 5) is 0. The fraction of sp³-hybridized carbons (Fsp3) is 0.308. The van der Waals surface area contributed by atoms with Crippen LogP contribution in [0.5, 0.6) is 0 Å². The van der Waals surface area contributed by atoms with E-state index in [4.69, 9.17) is 14.0 Å². The maximum Gasteiger partial charge on any atom is 0 e. The van der Waals surface area contributed by atoms with Gasteiger partial charge in [0.05, 0.1) is 0 Å². The van der Waals surface area contributed by atoms with Crippen LogP contribution in [0.2, 0.25) is 0 Å². The zero-order valence-corrected chi connectivity index (χ0v) is 10.9. The Morgan fingerprint density at radius 2 is 1.53 bits per heavy atom. The summed E-state index contributed by atoms with van der Waals surface area (Å²) in [5.74, 6) is 0.648. The summed E-state index contributed by atoms with van der Waals surface area (Å²) in [6.07, 6.45) is 12.2. The van der Waals surface area contributed by atoms with Gasteiger partial charge in [0.25, 0.3) is 0 Å². The molecular weight excluding hydrogens is 260 g/mol. The molecule has 1 unspecified atom stereocenters. The van der Waals surface area contributed by atoms with E-state index in [9.17, 15) is 0 Å². The quantitative estimate of drug-likeness (QED) is 0.305. The Morgan fingerprint density at radius 1 is 1.06 bits per heavy atom. The number of hydrogen-bond acceptors (Lipinski definition) is 0. The van der Waals surface area contributed by atoms with Gasteiger partial charge in [-0.3, -0.25) is 0 Å². The van der Waals surface area contributed by atoms with Gasteiger partial charge in [-0.15, -0.1) is 0 Å². The number of hydrogen-bond donors (Lipinski definition) is 0. The molecule has 17 heavy (non-hydrogen) atoms. The molecule has 0 amide bonds. The summed E-state index contributed by atoms with van der Waals surface area (Å²) < 4.78 is 22.5. The van der Waals surface area contributed by atoms with Gasteiger partial charge in [-0.25, -0.2) is 0 Å². The van der Waals surface area contributed by atoms with E-state index in [2.05, 4.69) is 64.2 Å². The van der Waals surface area contributed by atoms with E-state index >= 15 is 0 Å². The Morgan fingerprint density at radius 3 is 1.82 bits per heavy atom. The average molecular weight is 274 g/mol. The fourth-order valence-corrected chi connectivity index (χ4v) is 1.15. The van der Waals surface area contributed by atoms with Crippen molar-refractivity contribution in [2.45, 2.75) is 20.3 Å². The van der Waals surface area contributed by atoms with Crippen molar-refractivity contribution < 1.29 is 31.0 Å². The molecule has 3 nitrogen and oxygen atoms in total. The van der Waals surface area contributed by atoms with Crippen molar-refractivity contribution in [1.29, 1.82) is 0 Å². The largest absolute Gasteiger partial charge is 0 e. The topological polar surface area (TPSA) is 59.7 Å². The van der Waals surface area contributed by atoms with Crippen LogP contribution in [-0.4, -0.2) is 0 Å². The Hall–Kier alpha value is -1.04. The van der Waals surface area contributed by atoms with Crippen LogP contribution in [-0.2, 0) is 31.0 Å². The van der Waals surface area contributed by atoms with E-state index in [-0.39, 0.29) is 17.1 Å². The van der Waals surface area contributed by atoms with E-state index in [1.54, 1.807) is 0 Å². The molecule has 92 valence electrons. The van der Waals surface area contributed by atoms with Crippen molar-refractivity contribution in [2.24, 2.45) is 5.92 Å². The molecule has 0 saturated heterocycles. The first kappa shape index (κ1) is 25.0. The second kappa shape index (κ2) is 24.3. The van der Waals surface area contributed by atoms with Crippen LogP contribution in [0.25, 0.3) is 0 Å². The first-order valence-electron chi connectivity index (χ1n) is 4.38. The summed E-state index contributed by atoms with van der Waals surface area (Å²) in [5, 5.41) is 0. The molecule has 0 aromatic rings. The van der Waals surface area contributed by atoms with Crippen LogP contribution < -0.4 is 0 Å². The maximum atomic E-state index is 7.50. The van der Waals surface area contributed by atoms with Crippen molar-refractivity contribution >= 4 is 0 Å². The molecule has 1 aliphatic rings. The molecule has 0 radical (unpaired) electrons. The summed E-state index contributed by atoms with van der Waals surface area (Å²) in [5.41, 5.74) is 1.41. The zero-order valence-electron chi connectivity index (χ0n) is 9.75. The van der Waals surface area contributed by atoms with Crippen LogP contribution in [0.4, 0.5) is 0 Å². The molecule has 0 heterocycles. The van der Waals surface area contributed by atoms with E-state index in [0.717, 1.165) is 0 Å². The van der Waals surface area contributed by atoms with E-state index in [1.165, 1.54) is 12.0 Å². The first-order chi connectivity index (χ1) is 7.79. The standard InChI is InChI=1S/C10H14.3CO.Fe/c1-9(2)8-10-6-4-3-5-7-10;3*1-2;/h3-6,8,10H,7H2,1-2H3;;;;. The third-order valence-electron chi connectivity index (χ3n) is 1.56. The van der Waals surface area contributed by atoms with Crippen LogP contribution in [0.1, 0.15) is 20.3 Å². The minimum Gasteiger partial charge on any atom is 0 e. The zero-order chi connectivity index (χ0) is 13.4. The Labute approximate surface area is 113 Å². The molecule has 1 rings (SSSR count). The predicted octanol–water partition coefficient (Wildman–Crippen LogP) is 2.97. The molecule has 0 aromatic heterocycles. The average Bonchev–Trinajstić information content (AvgIpc) is 2.37. The van der Waals surface area contributed by atoms with Gasteiger partial charge < -0.3 is 0 Å². The van der Waals surface area contributed by atoms with Gasteiger partial charge in [0.1, 0.15) is 0 Å². The Bertz CT molecular complexity index is 277. The summed E-state index contributed by atoms with van der Waals surface area (Å²) in [6.45, 7) is 17.8. The van der Waals surface area contributed by atoms with Crippen LogP contribution in [0.15, 0.2) is 36.0 Å². The molecule has 0 saturated carbocycles. The van der Waals surface area contributed by atoms with Crippen molar-refractivity contribution in [1.82, 2.24) is 0 Å². The van der Waals surface area contributed by atoms with E-state index in [0.29, 0.717) is 5.92 Å². The monoisotopic (exact) mass is 274 g/mol. The predicted molar refractivity (Wildman–Crippen MR) is 57.6 cm³/mol. The van der Waals surface area contributed by atoms with Crippen LogP contribution in [0.3, 0.4) is 0 Å². The Kier molecular flexibility index (Phi) is 35.6. The van der Waals surface area contributed by atoms with Crippen LogP contribution in [0, 0.1) is 25.9 Å². The van der Waals surface area contributed by atoms with Crippen molar-refractivity contribution in [3.8, 4) is 0 Å². The molecule has 0 N–H and O–H groups in total. The summed E-state index contributed by atoms with van der Waals surface area (Å²) >= 11 is 0. The molecule has 0 bridgehead atoms. The maximum absolute atomic E-state index is 7.50. The SMILES string of the molecule is CC(C)=CC1C=CC=CC1.[C-]#[O+].[C-]#[O+].[C-]#[O+].[Fe]. The van der Waals surface area contributed by atoms with Gasteiger partial charge >= 0.3 is 33.9 Å². The molecular formula is C13H14FeO3. The van der Waals surface area contributed by atoms with Gasteiger partial charge in [0.2, 0.25) is 0 Å². The summed E-state index contributed by atoms with van der Waals surface area (Å²) in [7, 11) is 0. The Balaban J connectivity index is -0.000000106. The second-order valence-electron chi connectivity index (χ2n) is 2.96. The first-order valence-corrected chi connectivity index (χ1v) is 4.38. The van der Waals surface area contributed by atoms with Gasteiger partial charge in [-0.05, 0) is 26.2 Å². The molecule has 4 heteroatoms. The normalized spacial score (nSPS) is 13.8. The number of rotatable bonds is 1. The fourth-order valence-electron chi connectivity index (χ4n) is 1.15. The molecule has 1 aliphatic carbocycles. The van der Waals surface area contributed by atoms with Gasteiger partial charge in [0.15, 0.2) is 0 Å².